The molecule has 0 spiro atoms. The third kappa shape index (κ3) is 6.88. The summed E-state index contributed by atoms with van der Waals surface area (Å²) in [6.45, 7) is 4.36. The first-order valence-electron chi connectivity index (χ1n) is 11.6. The van der Waals surface area contributed by atoms with Gasteiger partial charge in [0.2, 0.25) is 11.7 Å². The molecule has 0 saturated heterocycles. The monoisotopic (exact) mass is 490 g/mol. The largest absolute Gasteiger partial charge is 0.494 e. The number of hydrogen-bond acceptors (Lipinski definition) is 9. The highest BCUT2D eigenvalue weighted by molar-refractivity contribution is 6.60. The summed E-state index contributed by atoms with van der Waals surface area (Å²) in [5.74, 6) is 0.921. The molecule has 1 aromatic carbocycles. The highest BCUT2D eigenvalue weighted by Crippen LogP contribution is 2.37. The van der Waals surface area contributed by atoms with E-state index in [0.29, 0.717) is 58.8 Å². The number of amides is 2. The molecule has 2 amide bonds. The number of anilines is 3. The fraction of sp³-hybridized carbons (Fsp3) is 0.318. The van der Waals surface area contributed by atoms with E-state index in [1.807, 2.05) is 30.5 Å². The van der Waals surface area contributed by atoms with Crippen molar-refractivity contribution in [2.24, 2.45) is 0 Å². The Kier molecular flexibility index (Phi) is 8.75. The van der Waals surface area contributed by atoms with E-state index in [4.69, 9.17) is 14.0 Å². The summed E-state index contributed by atoms with van der Waals surface area (Å²) in [5.41, 5.74) is 1.86. The van der Waals surface area contributed by atoms with E-state index in [1.54, 1.807) is 31.2 Å². The minimum absolute atomic E-state index is 0.195. The van der Waals surface area contributed by atoms with Crippen LogP contribution in [0.5, 0.6) is 5.75 Å². The maximum absolute atomic E-state index is 13.0. The van der Waals surface area contributed by atoms with Gasteiger partial charge in [-0.15, -0.1) is 0 Å². The number of para-hydroxylation sites is 1. The van der Waals surface area contributed by atoms with Gasteiger partial charge in [0.25, 0.3) is 11.8 Å². The minimum Gasteiger partial charge on any atom is -0.494 e. The van der Waals surface area contributed by atoms with Gasteiger partial charge >= 0.3 is 0 Å². The highest BCUT2D eigenvalue weighted by Gasteiger charge is 2.22. The lowest BCUT2D eigenvalue weighted by molar-refractivity contribution is -0.115. The molecule has 2 heterocycles. The maximum atomic E-state index is 13.0. The molecule has 0 bridgehead atoms. The van der Waals surface area contributed by atoms with E-state index >= 15 is 0 Å². The van der Waals surface area contributed by atoms with Crippen LogP contribution in [0.2, 0.25) is 0 Å². The molecule has 0 atom stereocenters. The second-order valence-electron chi connectivity index (χ2n) is 8.88. The second-order valence-corrected chi connectivity index (χ2v) is 8.88. The average Bonchev–Trinajstić information content (AvgIpc) is 3.30. The molecule has 0 aliphatic carbocycles. The molecule has 11 nitrogen and oxygen atoms in total. The van der Waals surface area contributed by atoms with Gasteiger partial charge in [0.05, 0.1) is 29.6 Å². The molecule has 36 heavy (non-hydrogen) atoms. The van der Waals surface area contributed by atoms with Crippen molar-refractivity contribution < 1.29 is 23.6 Å². The Hall–Kier alpha value is -3.80. The van der Waals surface area contributed by atoms with Crippen LogP contribution in [0.4, 0.5) is 17.2 Å². The molecule has 0 saturated carbocycles. The number of ether oxygens (including phenoxy) is 2. The van der Waals surface area contributed by atoms with Crippen molar-refractivity contribution >= 4 is 52.5 Å². The van der Waals surface area contributed by atoms with E-state index in [1.165, 1.54) is 13.3 Å². The van der Waals surface area contributed by atoms with E-state index in [0.717, 1.165) is 0 Å². The Morgan fingerprint density at radius 2 is 1.94 bits per heavy atom. The zero-order valence-electron chi connectivity index (χ0n) is 21.4. The van der Waals surface area contributed by atoms with Crippen molar-refractivity contribution in [2.75, 3.05) is 24.4 Å². The fourth-order valence-corrected chi connectivity index (χ4v) is 3.24. The lowest BCUT2D eigenvalue weighted by atomic mass is 9.49. The van der Waals surface area contributed by atoms with Gasteiger partial charge in [0, 0.05) is 25.3 Å². The quantitative estimate of drug-likeness (QED) is 0.317. The minimum atomic E-state index is -0.459. The van der Waals surface area contributed by atoms with Gasteiger partial charge in [0.15, 0.2) is 5.75 Å². The highest BCUT2D eigenvalue weighted by atomic mass is 16.5. The van der Waals surface area contributed by atoms with Crippen LogP contribution in [0.1, 0.15) is 36.5 Å². The molecule has 3 aromatic rings. The normalized spacial score (nSPS) is 11.1. The molecule has 0 radical (unpaired) electrons. The van der Waals surface area contributed by atoms with Gasteiger partial charge in [-0.25, -0.2) is 4.98 Å². The van der Waals surface area contributed by atoms with Gasteiger partial charge < -0.3 is 29.9 Å². The van der Waals surface area contributed by atoms with E-state index in [9.17, 15) is 9.59 Å². The van der Waals surface area contributed by atoms with Crippen LogP contribution in [-0.2, 0) is 16.1 Å². The number of benzene rings is 1. The molecule has 2 aromatic heterocycles. The summed E-state index contributed by atoms with van der Waals surface area (Å²) >= 11 is 0. The van der Waals surface area contributed by atoms with Crippen LogP contribution in [-0.4, -0.2) is 69.4 Å². The summed E-state index contributed by atoms with van der Waals surface area (Å²) in [6.07, 6.45) is 1.72. The Morgan fingerprint density at radius 1 is 1.17 bits per heavy atom. The third-order valence-electron chi connectivity index (χ3n) is 4.85. The van der Waals surface area contributed by atoms with Crippen LogP contribution < -0.4 is 20.7 Å². The predicted molar refractivity (Wildman–Crippen MR) is 144 cm³/mol. The number of carbonyl (C=O) groups is 2. The molecule has 0 aliphatic heterocycles. The molecule has 186 valence electrons. The molecular weight excluding hydrogens is 461 g/mol. The molecule has 14 heteroatoms. The van der Waals surface area contributed by atoms with Gasteiger partial charge in [-0.2, -0.15) is 4.98 Å². The first-order valence-corrected chi connectivity index (χ1v) is 11.6. The van der Waals surface area contributed by atoms with E-state index < -0.39 is 5.24 Å². The molecule has 0 aliphatic rings. The van der Waals surface area contributed by atoms with Crippen LogP contribution in [0.3, 0.4) is 0 Å². The number of nitrogens with zero attached hydrogens (tertiary/aromatic N) is 3. The first-order chi connectivity index (χ1) is 17.1. The number of methoxy groups -OCH3 is 1. The lowest BCUT2D eigenvalue weighted by Crippen LogP contribution is -2.50. The number of pyridine rings is 1. The number of carbonyl (C=O) groups excluding carboxylic acids is 2. The topological polar surface area (TPSA) is 140 Å². The van der Waals surface area contributed by atoms with Gasteiger partial charge in [-0.3, -0.25) is 9.59 Å². The Balaban J connectivity index is 2.01. The van der Waals surface area contributed by atoms with Crippen LogP contribution in [0.15, 0.2) is 35.0 Å². The van der Waals surface area contributed by atoms with Crippen LogP contribution >= 0.6 is 0 Å². The van der Waals surface area contributed by atoms with Crippen molar-refractivity contribution in [3.63, 3.8) is 0 Å². The zero-order valence-corrected chi connectivity index (χ0v) is 21.4. The Labute approximate surface area is 212 Å². The van der Waals surface area contributed by atoms with Crippen LogP contribution in [0.25, 0.3) is 11.4 Å². The van der Waals surface area contributed by atoms with Gasteiger partial charge in [-0.1, -0.05) is 18.1 Å². The SMILES string of the molecule is BC(B)(B)NC(=O)c1cnc(NC(=O)CC)cc1Nc1cccc(-c2noc(COCC)n2)c1OC. The van der Waals surface area contributed by atoms with Crippen LogP contribution in [0, 0.1) is 0 Å². The van der Waals surface area contributed by atoms with Gasteiger partial charge in [0.1, 0.15) is 36.0 Å². The molecule has 3 N–H and O–H groups in total. The molecular formula is C22H29B3N6O5. The number of rotatable bonds is 11. The summed E-state index contributed by atoms with van der Waals surface area (Å²) in [5, 5.41) is 12.5. The second kappa shape index (κ2) is 11.8. The summed E-state index contributed by atoms with van der Waals surface area (Å²) in [6, 6.07) is 6.99. The Morgan fingerprint density at radius 3 is 2.61 bits per heavy atom. The van der Waals surface area contributed by atoms with Crippen molar-refractivity contribution in [1.82, 2.24) is 20.4 Å². The molecule has 3 rings (SSSR count). The van der Waals surface area contributed by atoms with Crippen molar-refractivity contribution in [1.29, 1.82) is 0 Å². The summed E-state index contributed by atoms with van der Waals surface area (Å²) < 4.78 is 16.3. The standard InChI is InChI=1S/C22H29B3N6O5/c1-4-17(32)28-16-9-15(13(10-26-16)21(33)30-22(23,24)25)27-14-8-6-7-12(19(14)34-3)20-29-18(36-31-20)11-35-5-2/h6-10H,4-5,11,23-25H2,1-3H3,(H,30,33)(H2,26,27,28,32). The Bertz CT molecular complexity index is 1230. The first kappa shape index (κ1) is 26.8. The van der Waals surface area contributed by atoms with E-state index in [-0.39, 0.29) is 18.4 Å². The zero-order chi connectivity index (χ0) is 26.3. The molecule has 0 fully saturated rings. The summed E-state index contributed by atoms with van der Waals surface area (Å²) in [7, 11) is 7.19. The maximum Gasteiger partial charge on any atom is 0.253 e. The third-order valence-corrected chi connectivity index (χ3v) is 4.85. The predicted octanol–water partition coefficient (Wildman–Crippen LogP) is 0.00920. The van der Waals surface area contributed by atoms with Crippen molar-refractivity contribution in [3.05, 3.63) is 41.9 Å². The summed E-state index contributed by atoms with van der Waals surface area (Å²) in [4.78, 5) is 33.6. The number of nitrogens with one attached hydrogen (secondary N) is 3. The number of aromatic nitrogens is 3. The fourth-order valence-electron chi connectivity index (χ4n) is 3.24. The number of hydrogen-bond donors (Lipinski definition) is 3. The average molecular weight is 490 g/mol. The van der Waals surface area contributed by atoms with Crippen molar-refractivity contribution in [2.45, 2.75) is 32.1 Å². The van der Waals surface area contributed by atoms with Gasteiger partial charge in [-0.05, 0) is 24.3 Å². The van der Waals surface area contributed by atoms with E-state index in [2.05, 4.69) is 31.1 Å². The lowest BCUT2D eigenvalue weighted by Gasteiger charge is -2.22. The van der Waals surface area contributed by atoms with Crippen molar-refractivity contribution in [3.8, 4) is 17.1 Å². The smallest absolute Gasteiger partial charge is 0.253 e. The molecule has 0 unspecified atom stereocenters.